The van der Waals surface area contributed by atoms with E-state index in [0.717, 1.165) is 9.13 Å². The normalized spacial score (nSPS) is 11.2. The van der Waals surface area contributed by atoms with Gasteiger partial charge in [0.25, 0.3) is 11.1 Å². The van der Waals surface area contributed by atoms with Crippen molar-refractivity contribution >= 4 is 21.8 Å². The topological polar surface area (TPSA) is 110 Å². The third-order valence-electron chi connectivity index (χ3n) is 4.98. The Morgan fingerprint density at radius 1 is 0.500 bits per heavy atom. The number of aromatic amines is 2. The van der Waals surface area contributed by atoms with Crippen molar-refractivity contribution in [2.24, 2.45) is 0 Å². The van der Waals surface area contributed by atoms with Crippen LogP contribution in [0.1, 0.15) is 0 Å². The molecule has 0 unspecified atom stereocenters. The molecule has 0 aliphatic rings. The number of hydrogen-bond donors (Lipinski definition) is 2. The van der Waals surface area contributed by atoms with Gasteiger partial charge in [-0.2, -0.15) is 0 Å². The summed E-state index contributed by atoms with van der Waals surface area (Å²) < 4.78 is 2.03. The van der Waals surface area contributed by atoms with Crippen LogP contribution in [0.5, 0.6) is 0 Å². The lowest BCUT2D eigenvalue weighted by molar-refractivity contribution is 0.886. The quantitative estimate of drug-likeness (QED) is 0.471. The number of para-hydroxylation sites is 2. The van der Waals surface area contributed by atoms with E-state index in [1.165, 1.54) is 24.3 Å². The maximum atomic E-state index is 12.8. The summed E-state index contributed by atoms with van der Waals surface area (Å²) in [5, 5.41) is 0.756. The third kappa shape index (κ3) is 2.62. The monoisotopic (exact) mass is 398 g/mol. The van der Waals surface area contributed by atoms with Crippen molar-refractivity contribution < 1.29 is 0 Å². The van der Waals surface area contributed by atoms with Gasteiger partial charge in [0.15, 0.2) is 0 Å². The number of H-pyrrole nitrogens is 2. The number of rotatable bonds is 2. The molecular formula is C22H14N4O4. The summed E-state index contributed by atoms with van der Waals surface area (Å²) in [4.78, 5) is 55.9. The molecule has 30 heavy (non-hydrogen) atoms. The van der Waals surface area contributed by atoms with Crippen molar-refractivity contribution in [3.05, 3.63) is 114 Å². The lowest BCUT2D eigenvalue weighted by atomic mass is 10.2. The van der Waals surface area contributed by atoms with E-state index in [1.54, 1.807) is 48.5 Å². The lowest BCUT2D eigenvalue weighted by Gasteiger charge is -2.09. The molecule has 2 heterocycles. The van der Waals surface area contributed by atoms with Crippen molar-refractivity contribution in [3.8, 4) is 11.4 Å². The minimum absolute atomic E-state index is 0.320. The Kier molecular flexibility index (Phi) is 3.85. The number of aromatic nitrogens is 4. The highest BCUT2D eigenvalue weighted by molar-refractivity contribution is 5.78. The van der Waals surface area contributed by atoms with E-state index in [0.29, 0.717) is 33.2 Å². The van der Waals surface area contributed by atoms with Crippen LogP contribution < -0.4 is 22.5 Å². The van der Waals surface area contributed by atoms with Crippen molar-refractivity contribution in [2.75, 3.05) is 0 Å². The smallest absolute Gasteiger partial charge is 0.306 e. The first-order valence-electron chi connectivity index (χ1n) is 9.13. The van der Waals surface area contributed by atoms with Crippen molar-refractivity contribution in [3.63, 3.8) is 0 Å². The number of hydrogen-bond acceptors (Lipinski definition) is 4. The van der Waals surface area contributed by atoms with Crippen LogP contribution in [0, 0.1) is 0 Å². The fraction of sp³-hybridized carbons (Fsp3) is 0. The second-order valence-electron chi connectivity index (χ2n) is 6.75. The second kappa shape index (κ2) is 6.56. The number of benzene rings is 3. The Hall–Kier alpha value is -4.46. The molecular weight excluding hydrogens is 384 g/mol. The zero-order valence-electron chi connectivity index (χ0n) is 15.5. The number of nitrogens with zero attached hydrogens (tertiary/aromatic N) is 2. The molecule has 2 N–H and O–H groups in total. The Labute approximate surface area is 167 Å². The minimum Gasteiger partial charge on any atom is -0.306 e. The highest BCUT2D eigenvalue weighted by Crippen LogP contribution is 2.11. The van der Waals surface area contributed by atoms with Crippen LogP contribution in [0.4, 0.5) is 0 Å². The fourth-order valence-electron chi connectivity index (χ4n) is 3.54. The largest absolute Gasteiger partial charge is 0.333 e. The Morgan fingerprint density at radius 2 is 0.867 bits per heavy atom. The summed E-state index contributed by atoms with van der Waals surface area (Å²) in [6.07, 6.45) is 0. The Balaban J connectivity index is 1.68. The van der Waals surface area contributed by atoms with E-state index < -0.39 is 22.5 Å². The number of nitrogens with one attached hydrogen (secondary N) is 2. The van der Waals surface area contributed by atoms with Gasteiger partial charge < -0.3 is 9.97 Å². The molecule has 0 atom stereocenters. The van der Waals surface area contributed by atoms with Crippen LogP contribution in [0.3, 0.4) is 0 Å². The molecule has 0 bridgehead atoms. The van der Waals surface area contributed by atoms with Gasteiger partial charge >= 0.3 is 11.4 Å². The zero-order valence-corrected chi connectivity index (χ0v) is 15.5. The summed E-state index contributed by atoms with van der Waals surface area (Å²) in [7, 11) is 0. The third-order valence-corrected chi connectivity index (χ3v) is 4.98. The molecule has 0 amide bonds. The van der Waals surface area contributed by atoms with Crippen LogP contribution in [0.15, 0.2) is 92.0 Å². The highest BCUT2D eigenvalue weighted by atomic mass is 16.2. The van der Waals surface area contributed by atoms with E-state index in [9.17, 15) is 19.2 Å². The first-order chi connectivity index (χ1) is 14.5. The molecule has 5 rings (SSSR count). The van der Waals surface area contributed by atoms with Gasteiger partial charge in [0, 0.05) is 0 Å². The van der Waals surface area contributed by atoms with E-state index in [4.69, 9.17) is 0 Å². The zero-order chi connectivity index (χ0) is 20.8. The van der Waals surface area contributed by atoms with Crippen molar-refractivity contribution in [1.29, 1.82) is 0 Å². The molecule has 0 aliphatic heterocycles. The van der Waals surface area contributed by atoms with Crippen molar-refractivity contribution in [2.45, 2.75) is 0 Å². The highest BCUT2D eigenvalue weighted by Gasteiger charge is 2.12. The molecule has 0 spiro atoms. The van der Waals surface area contributed by atoms with Crippen LogP contribution in [0.2, 0.25) is 0 Å². The van der Waals surface area contributed by atoms with Crippen molar-refractivity contribution in [1.82, 2.24) is 19.1 Å². The number of fused-ring (bicyclic) bond motifs is 2. The average molecular weight is 398 g/mol. The van der Waals surface area contributed by atoms with Gasteiger partial charge in [0.05, 0.1) is 33.2 Å². The van der Waals surface area contributed by atoms with E-state index >= 15 is 0 Å². The lowest BCUT2D eigenvalue weighted by Crippen LogP contribution is -2.34. The fourth-order valence-corrected chi connectivity index (χ4v) is 3.54. The van der Waals surface area contributed by atoms with Gasteiger partial charge in [0.2, 0.25) is 0 Å². The van der Waals surface area contributed by atoms with E-state index in [2.05, 4.69) is 9.97 Å². The van der Waals surface area contributed by atoms with Gasteiger partial charge in [-0.05, 0) is 48.5 Å². The van der Waals surface area contributed by atoms with Crippen LogP contribution in [-0.2, 0) is 0 Å². The summed E-state index contributed by atoms with van der Waals surface area (Å²) >= 11 is 0. The van der Waals surface area contributed by atoms with Gasteiger partial charge in [-0.25, -0.2) is 18.7 Å². The molecule has 0 saturated heterocycles. The SMILES string of the molecule is O=c1[nH]c2ccccc2c(=O)n1-c1ccc(-n2c(=O)[nH]c3ccccc3c2=O)cc1. The standard InChI is InChI=1S/C22H14N4O4/c27-19-15-5-1-3-7-17(15)23-21(29)25(19)13-9-11-14(12-10-13)26-20(28)16-6-2-4-8-18(16)24-22(26)30/h1-12H,(H,23,29)(H,24,30). The van der Waals surface area contributed by atoms with Gasteiger partial charge in [0.1, 0.15) is 0 Å². The predicted molar refractivity (Wildman–Crippen MR) is 114 cm³/mol. The van der Waals surface area contributed by atoms with Gasteiger partial charge in [-0.15, -0.1) is 0 Å². The molecule has 0 saturated carbocycles. The van der Waals surface area contributed by atoms with E-state index in [1.807, 2.05) is 0 Å². The van der Waals surface area contributed by atoms with Crippen LogP contribution >= 0.6 is 0 Å². The first-order valence-corrected chi connectivity index (χ1v) is 9.13. The summed E-state index contributed by atoms with van der Waals surface area (Å²) in [6.45, 7) is 0. The van der Waals surface area contributed by atoms with E-state index in [-0.39, 0.29) is 0 Å². The summed E-state index contributed by atoms with van der Waals surface area (Å²) in [6, 6.07) is 19.5. The predicted octanol–water partition coefficient (Wildman–Crippen LogP) is 1.67. The maximum absolute atomic E-state index is 12.8. The Bertz CT molecular complexity index is 1550. The second-order valence-corrected chi connectivity index (χ2v) is 6.75. The molecule has 0 fully saturated rings. The molecule has 0 aliphatic carbocycles. The molecule has 2 aromatic heterocycles. The molecule has 3 aromatic carbocycles. The molecule has 8 heteroatoms. The van der Waals surface area contributed by atoms with Gasteiger partial charge in [-0.1, -0.05) is 24.3 Å². The maximum Gasteiger partial charge on any atom is 0.333 e. The molecule has 5 aromatic rings. The molecule has 146 valence electrons. The van der Waals surface area contributed by atoms with Crippen LogP contribution in [0.25, 0.3) is 33.2 Å². The molecule has 8 nitrogen and oxygen atoms in total. The van der Waals surface area contributed by atoms with Gasteiger partial charge in [-0.3, -0.25) is 9.59 Å². The average Bonchev–Trinajstić information content (AvgIpc) is 2.75. The summed E-state index contributed by atoms with van der Waals surface area (Å²) in [5.41, 5.74) is -0.517. The minimum atomic E-state index is -0.577. The van der Waals surface area contributed by atoms with Crippen LogP contribution in [-0.4, -0.2) is 19.1 Å². The first kappa shape index (κ1) is 17.6. The molecule has 0 radical (unpaired) electrons. The Morgan fingerprint density at radius 3 is 1.27 bits per heavy atom. The summed E-state index contributed by atoms with van der Waals surface area (Å²) in [5.74, 6) is 0.